The van der Waals surface area contributed by atoms with E-state index >= 15 is 0 Å². The number of nitrogens with one attached hydrogen (secondary N) is 4. The fourth-order valence-electron chi connectivity index (χ4n) is 3.07. The lowest BCUT2D eigenvalue weighted by Gasteiger charge is -2.12. The molecule has 10 heteroatoms. The third-order valence-electron chi connectivity index (χ3n) is 4.66. The zero-order valence-electron chi connectivity index (χ0n) is 16.2. The van der Waals surface area contributed by atoms with Gasteiger partial charge in [0.15, 0.2) is 0 Å². The predicted molar refractivity (Wildman–Crippen MR) is 115 cm³/mol. The van der Waals surface area contributed by atoms with Crippen molar-refractivity contribution < 1.29 is 17.6 Å². The largest absolute Gasteiger partial charge is 0.323 e. The summed E-state index contributed by atoms with van der Waals surface area (Å²) in [5.74, 6) is -1.24. The molecule has 0 spiro atoms. The third-order valence-corrected chi connectivity index (χ3v) is 6.02. The smallest absolute Gasteiger partial charge is 0.322 e. The van der Waals surface area contributed by atoms with Crippen molar-refractivity contribution in [2.45, 2.75) is 11.8 Å². The number of rotatable bonds is 5. The SMILES string of the molecule is Cc1ccc(S(=O)(=O)Nc2ccccc2F)cc1C(=O)Nc1ccc2[nH]c(=O)[nH]c2c1. The van der Waals surface area contributed by atoms with Crippen molar-refractivity contribution in [1.29, 1.82) is 0 Å². The fraction of sp³-hybridized carbons (Fsp3) is 0.0476. The van der Waals surface area contributed by atoms with Crippen LogP contribution in [0.25, 0.3) is 11.0 Å². The van der Waals surface area contributed by atoms with Crippen molar-refractivity contribution in [2.24, 2.45) is 0 Å². The van der Waals surface area contributed by atoms with Gasteiger partial charge < -0.3 is 15.3 Å². The molecule has 158 valence electrons. The molecule has 0 atom stereocenters. The number of anilines is 2. The van der Waals surface area contributed by atoms with Gasteiger partial charge in [0.1, 0.15) is 5.82 Å². The van der Waals surface area contributed by atoms with E-state index in [0.717, 1.165) is 6.07 Å². The second kappa shape index (κ2) is 7.73. The van der Waals surface area contributed by atoms with Crippen LogP contribution in [0.1, 0.15) is 15.9 Å². The number of imidazole rings is 1. The number of para-hydroxylation sites is 1. The van der Waals surface area contributed by atoms with E-state index in [1.54, 1.807) is 25.1 Å². The first-order chi connectivity index (χ1) is 14.7. The molecule has 0 radical (unpaired) electrons. The Bertz CT molecular complexity index is 1470. The van der Waals surface area contributed by atoms with Gasteiger partial charge in [0, 0.05) is 11.3 Å². The molecule has 8 nitrogen and oxygen atoms in total. The highest BCUT2D eigenvalue weighted by molar-refractivity contribution is 7.92. The van der Waals surface area contributed by atoms with Gasteiger partial charge in [0.25, 0.3) is 15.9 Å². The van der Waals surface area contributed by atoms with Gasteiger partial charge in [0.2, 0.25) is 0 Å². The quantitative estimate of drug-likeness (QED) is 0.380. The zero-order chi connectivity index (χ0) is 22.2. The number of fused-ring (bicyclic) bond motifs is 1. The van der Waals surface area contributed by atoms with Crippen LogP contribution in [0.4, 0.5) is 15.8 Å². The molecule has 0 saturated heterocycles. The van der Waals surface area contributed by atoms with Gasteiger partial charge in [-0.2, -0.15) is 0 Å². The first-order valence-corrected chi connectivity index (χ1v) is 10.6. The first kappa shape index (κ1) is 20.4. The van der Waals surface area contributed by atoms with Gasteiger partial charge >= 0.3 is 5.69 Å². The second-order valence-corrected chi connectivity index (χ2v) is 8.54. The molecule has 4 N–H and O–H groups in total. The van der Waals surface area contributed by atoms with Crippen LogP contribution in [0, 0.1) is 12.7 Å². The van der Waals surface area contributed by atoms with Crippen LogP contribution in [0.2, 0.25) is 0 Å². The summed E-state index contributed by atoms with van der Waals surface area (Å²) < 4.78 is 41.4. The Hall–Kier alpha value is -3.92. The molecular formula is C21H17FN4O4S. The Morgan fingerprint density at radius 1 is 0.968 bits per heavy atom. The summed E-state index contributed by atoms with van der Waals surface area (Å²) in [6.07, 6.45) is 0. The number of aromatic amines is 2. The van der Waals surface area contributed by atoms with Gasteiger partial charge in [0.05, 0.1) is 21.6 Å². The summed E-state index contributed by atoms with van der Waals surface area (Å²) in [5.41, 5.74) is 1.66. The summed E-state index contributed by atoms with van der Waals surface area (Å²) in [6.45, 7) is 1.67. The predicted octanol–water partition coefficient (Wildman–Crippen LogP) is 3.36. The number of hydrogen-bond acceptors (Lipinski definition) is 4. The molecule has 1 amide bonds. The molecule has 4 aromatic rings. The molecule has 1 heterocycles. The molecule has 0 aliphatic rings. The molecule has 0 aliphatic carbocycles. The van der Waals surface area contributed by atoms with Crippen LogP contribution in [-0.4, -0.2) is 24.3 Å². The highest BCUT2D eigenvalue weighted by Crippen LogP contribution is 2.22. The average Bonchev–Trinajstić information content (AvgIpc) is 3.09. The molecule has 4 rings (SSSR count). The minimum absolute atomic E-state index is 0.138. The van der Waals surface area contributed by atoms with E-state index in [4.69, 9.17) is 0 Å². The van der Waals surface area contributed by atoms with Crippen molar-refractivity contribution in [3.8, 4) is 0 Å². The molecule has 0 saturated carbocycles. The maximum absolute atomic E-state index is 13.8. The van der Waals surface area contributed by atoms with Crippen LogP contribution < -0.4 is 15.7 Å². The standard InChI is InChI=1S/C21H17FN4O4S/c1-12-6-8-14(31(29,30)26-17-5-3-2-4-16(17)22)11-15(12)20(27)23-13-7-9-18-19(10-13)25-21(28)24-18/h2-11,26H,1H3,(H,23,27)(H2,24,25,28). The normalized spacial score (nSPS) is 11.4. The van der Waals surface area contributed by atoms with E-state index in [1.165, 1.54) is 36.4 Å². The maximum Gasteiger partial charge on any atom is 0.323 e. The van der Waals surface area contributed by atoms with Crippen LogP contribution in [0.3, 0.4) is 0 Å². The number of sulfonamides is 1. The van der Waals surface area contributed by atoms with Gasteiger partial charge in [-0.3, -0.25) is 9.52 Å². The van der Waals surface area contributed by atoms with E-state index in [9.17, 15) is 22.4 Å². The van der Waals surface area contributed by atoms with Gasteiger partial charge in [-0.05, 0) is 55.0 Å². The van der Waals surface area contributed by atoms with Crippen LogP contribution in [0.5, 0.6) is 0 Å². The minimum Gasteiger partial charge on any atom is -0.322 e. The molecule has 0 bridgehead atoms. The van der Waals surface area contributed by atoms with Crippen molar-refractivity contribution in [2.75, 3.05) is 10.0 Å². The topological polar surface area (TPSA) is 124 Å². The number of hydrogen-bond donors (Lipinski definition) is 4. The Balaban J connectivity index is 1.62. The van der Waals surface area contributed by atoms with E-state index in [2.05, 4.69) is 20.0 Å². The molecule has 0 unspecified atom stereocenters. The third kappa shape index (κ3) is 4.19. The van der Waals surface area contributed by atoms with E-state index in [0.29, 0.717) is 22.3 Å². The Morgan fingerprint density at radius 2 is 1.71 bits per heavy atom. The molecule has 1 aromatic heterocycles. The molecule has 0 aliphatic heterocycles. The van der Waals surface area contributed by atoms with Gasteiger partial charge in [-0.25, -0.2) is 17.6 Å². The van der Waals surface area contributed by atoms with E-state index < -0.39 is 21.7 Å². The lowest BCUT2D eigenvalue weighted by atomic mass is 10.1. The van der Waals surface area contributed by atoms with Crippen LogP contribution in [-0.2, 0) is 10.0 Å². The Labute approximate surface area is 176 Å². The number of aryl methyl sites for hydroxylation is 1. The van der Waals surface area contributed by atoms with Gasteiger partial charge in [-0.15, -0.1) is 0 Å². The van der Waals surface area contributed by atoms with Crippen molar-refractivity contribution in [3.63, 3.8) is 0 Å². The summed E-state index contributed by atoms with van der Waals surface area (Å²) in [6, 6.07) is 14.3. The number of amides is 1. The monoisotopic (exact) mass is 440 g/mol. The number of carbonyl (C=O) groups excluding carboxylic acids is 1. The van der Waals surface area contributed by atoms with Crippen molar-refractivity contribution in [3.05, 3.63) is 88.1 Å². The first-order valence-electron chi connectivity index (χ1n) is 9.14. The highest BCUT2D eigenvalue weighted by atomic mass is 32.2. The van der Waals surface area contributed by atoms with E-state index in [-0.39, 0.29) is 21.8 Å². The van der Waals surface area contributed by atoms with Crippen molar-refractivity contribution in [1.82, 2.24) is 9.97 Å². The maximum atomic E-state index is 13.8. The van der Waals surface area contributed by atoms with Crippen LogP contribution >= 0.6 is 0 Å². The van der Waals surface area contributed by atoms with Crippen molar-refractivity contribution >= 4 is 38.3 Å². The second-order valence-electron chi connectivity index (χ2n) is 6.86. The number of benzene rings is 3. The lowest BCUT2D eigenvalue weighted by Crippen LogP contribution is -2.17. The lowest BCUT2D eigenvalue weighted by molar-refractivity contribution is 0.102. The van der Waals surface area contributed by atoms with E-state index in [1.807, 2.05) is 0 Å². The Kier molecular flexibility index (Phi) is 5.07. The minimum atomic E-state index is -4.12. The summed E-state index contributed by atoms with van der Waals surface area (Å²) >= 11 is 0. The summed E-state index contributed by atoms with van der Waals surface area (Å²) in [4.78, 5) is 29.2. The zero-order valence-corrected chi connectivity index (χ0v) is 17.0. The molecular weight excluding hydrogens is 423 g/mol. The average molecular weight is 440 g/mol. The number of aromatic nitrogens is 2. The molecule has 3 aromatic carbocycles. The van der Waals surface area contributed by atoms with Crippen LogP contribution in [0.15, 0.2) is 70.4 Å². The number of halogens is 1. The summed E-state index contributed by atoms with van der Waals surface area (Å²) in [5, 5.41) is 2.69. The number of carbonyl (C=O) groups is 1. The fourth-order valence-corrected chi connectivity index (χ4v) is 4.16. The summed E-state index contributed by atoms with van der Waals surface area (Å²) in [7, 11) is -4.12. The highest BCUT2D eigenvalue weighted by Gasteiger charge is 2.19. The number of H-pyrrole nitrogens is 2. The molecule has 31 heavy (non-hydrogen) atoms. The Morgan fingerprint density at radius 3 is 2.48 bits per heavy atom. The van der Waals surface area contributed by atoms with Gasteiger partial charge in [-0.1, -0.05) is 18.2 Å². The molecule has 0 fully saturated rings.